The van der Waals surface area contributed by atoms with Crippen LogP contribution in [0.5, 0.6) is 0 Å². The molecule has 0 bridgehead atoms. The van der Waals surface area contributed by atoms with Gasteiger partial charge >= 0.3 is 0 Å². The second kappa shape index (κ2) is 4.61. The lowest BCUT2D eigenvalue weighted by Crippen LogP contribution is -2.39. The van der Waals surface area contributed by atoms with Crippen molar-refractivity contribution in [1.29, 1.82) is 0 Å². The average molecular weight is 259 g/mol. The number of carbonyl (C=O) groups is 2. The minimum Gasteiger partial charge on any atom is -0.330 e. The molecule has 0 radical (unpaired) electrons. The zero-order valence-electron chi connectivity index (χ0n) is 9.69. The van der Waals surface area contributed by atoms with Gasteiger partial charge in [0.1, 0.15) is 0 Å². The average Bonchev–Trinajstić information content (AvgIpc) is 2.86. The van der Waals surface area contributed by atoms with Crippen molar-refractivity contribution >= 4 is 35.2 Å². The second-order valence-electron chi connectivity index (χ2n) is 4.31. The van der Waals surface area contributed by atoms with Gasteiger partial charge in [-0.1, -0.05) is 6.92 Å². The number of carbonyl (C=O) groups excluding carboxylic acids is 2. The van der Waals surface area contributed by atoms with E-state index in [-0.39, 0.29) is 21.8 Å². The molecule has 2 saturated heterocycles. The van der Waals surface area contributed by atoms with Crippen molar-refractivity contribution in [3.05, 3.63) is 0 Å². The summed E-state index contributed by atoms with van der Waals surface area (Å²) < 4.78 is 0.112. The SMILES string of the molecule is CCC(=O)N1CC2(CC1C(C)=O)SCCS2. The lowest BCUT2D eigenvalue weighted by molar-refractivity contribution is -0.136. The smallest absolute Gasteiger partial charge is 0.222 e. The van der Waals surface area contributed by atoms with Crippen LogP contribution in [0.4, 0.5) is 0 Å². The lowest BCUT2D eigenvalue weighted by atomic mass is 10.1. The normalized spacial score (nSPS) is 27.6. The number of thioether (sulfide) groups is 2. The van der Waals surface area contributed by atoms with Crippen molar-refractivity contribution in [3.8, 4) is 0 Å². The van der Waals surface area contributed by atoms with Gasteiger partial charge in [0.15, 0.2) is 5.78 Å². The maximum absolute atomic E-state index is 11.8. The molecule has 2 heterocycles. The molecular formula is C11H17NO2S2. The van der Waals surface area contributed by atoms with Gasteiger partial charge in [0.2, 0.25) is 5.91 Å². The number of nitrogens with zero attached hydrogens (tertiary/aromatic N) is 1. The van der Waals surface area contributed by atoms with Crippen LogP contribution in [0.1, 0.15) is 26.7 Å². The van der Waals surface area contributed by atoms with Crippen LogP contribution in [0, 0.1) is 0 Å². The van der Waals surface area contributed by atoms with E-state index in [1.54, 1.807) is 11.8 Å². The van der Waals surface area contributed by atoms with E-state index in [2.05, 4.69) is 0 Å². The molecule has 2 aliphatic rings. The first-order valence-electron chi connectivity index (χ1n) is 5.66. The highest BCUT2D eigenvalue weighted by atomic mass is 32.2. The molecule has 0 saturated carbocycles. The predicted octanol–water partition coefficient (Wildman–Crippen LogP) is 1.76. The van der Waals surface area contributed by atoms with Crippen molar-refractivity contribution in [1.82, 2.24) is 4.90 Å². The van der Waals surface area contributed by atoms with Crippen LogP contribution in [0.3, 0.4) is 0 Å². The van der Waals surface area contributed by atoms with Crippen molar-refractivity contribution in [2.45, 2.75) is 36.8 Å². The summed E-state index contributed by atoms with van der Waals surface area (Å²) in [5.41, 5.74) is 0. The van der Waals surface area contributed by atoms with Gasteiger partial charge in [-0.15, -0.1) is 23.5 Å². The molecule has 0 N–H and O–H groups in total. The number of amides is 1. The molecule has 1 atom stereocenters. The van der Waals surface area contributed by atoms with Crippen molar-refractivity contribution in [3.63, 3.8) is 0 Å². The maximum Gasteiger partial charge on any atom is 0.222 e. The number of hydrogen-bond acceptors (Lipinski definition) is 4. The first-order chi connectivity index (χ1) is 7.58. The molecule has 2 fully saturated rings. The third-order valence-electron chi connectivity index (χ3n) is 3.20. The first kappa shape index (κ1) is 12.3. The monoisotopic (exact) mass is 259 g/mol. The molecule has 0 aromatic rings. The predicted molar refractivity (Wildman–Crippen MR) is 68.7 cm³/mol. The Balaban J connectivity index is 2.17. The van der Waals surface area contributed by atoms with E-state index < -0.39 is 0 Å². The Labute approximate surface area is 105 Å². The molecule has 0 aliphatic carbocycles. The number of Topliss-reactive ketones (excluding diaryl/α,β-unsaturated/α-hetero) is 1. The van der Waals surface area contributed by atoms with E-state index in [4.69, 9.17) is 0 Å². The molecular weight excluding hydrogens is 242 g/mol. The molecule has 0 aromatic heterocycles. The highest BCUT2D eigenvalue weighted by molar-refractivity contribution is 8.21. The van der Waals surface area contributed by atoms with Gasteiger partial charge in [-0.2, -0.15) is 0 Å². The Hall–Kier alpha value is -0.160. The number of rotatable bonds is 2. The van der Waals surface area contributed by atoms with Gasteiger partial charge < -0.3 is 4.90 Å². The van der Waals surface area contributed by atoms with E-state index in [1.807, 2.05) is 30.4 Å². The molecule has 2 rings (SSSR count). The molecule has 1 amide bonds. The molecule has 0 aromatic carbocycles. The fourth-order valence-corrected chi connectivity index (χ4v) is 5.63. The molecule has 90 valence electrons. The second-order valence-corrected chi connectivity index (χ2v) is 7.53. The van der Waals surface area contributed by atoms with Crippen LogP contribution in [0.25, 0.3) is 0 Å². The van der Waals surface area contributed by atoms with Gasteiger partial charge in [0.25, 0.3) is 0 Å². The molecule has 5 heteroatoms. The molecule has 16 heavy (non-hydrogen) atoms. The number of likely N-dealkylation sites (tertiary alicyclic amines) is 1. The Morgan fingerprint density at radius 1 is 1.38 bits per heavy atom. The van der Waals surface area contributed by atoms with Crippen LogP contribution >= 0.6 is 23.5 Å². The fraction of sp³-hybridized carbons (Fsp3) is 0.818. The van der Waals surface area contributed by atoms with Gasteiger partial charge in [0, 0.05) is 30.9 Å². The Bertz CT molecular complexity index is 313. The summed E-state index contributed by atoms with van der Waals surface area (Å²) in [5.74, 6) is 2.53. The summed E-state index contributed by atoms with van der Waals surface area (Å²) in [7, 11) is 0. The van der Waals surface area contributed by atoms with Crippen molar-refractivity contribution < 1.29 is 9.59 Å². The van der Waals surface area contributed by atoms with Gasteiger partial charge in [-0.25, -0.2) is 0 Å². The van der Waals surface area contributed by atoms with Crippen LogP contribution < -0.4 is 0 Å². The first-order valence-corrected chi connectivity index (χ1v) is 7.63. The topological polar surface area (TPSA) is 37.4 Å². The highest BCUT2D eigenvalue weighted by Crippen LogP contribution is 2.51. The quantitative estimate of drug-likeness (QED) is 0.757. The number of ketones is 1. The highest BCUT2D eigenvalue weighted by Gasteiger charge is 2.49. The minimum atomic E-state index is -0.175. The summed E-state index contributed by atoms with van der Waals surface area (Å²) in [6.07, 6.45) is 1.33. The van der Waals surface area contributed by atoms with E-state index in [9.17, 15) is 9.59 Å². The summed E-state index contributed by atoms with van der Waals surface area (Å²) in [6.45, 7) is 4.21. The Morgan fingerprint density at radius 3 is 2.50 bits per heavy atom. The standard InChI is InChI=1S/C11H17NO2S2/c1-3-10(14)12-7-11(15-4-5-16-11)6-9(12)8(2)13/h9H,3-7H2,1-2H3. The third kappa shape index (κ3) is 2.12. The van der Waals surface area contributed by atoms with Gasteiger partial charge in [0.05, 0.1) is 10.1 Å². The van der Waals surface area contributed by atoms with Crippen LogP contribution in [0.15, 0.2) is 0 Å². The van der Waals surface area contributed by atoms with Gasteiger partial charge in [-0.3, -0.25) is 9.59 Å². The van der Waals surface area contributed by atoms with E-state index in [0.717, 1.165) is 24.5 Å². The third-order valence-corrected chi connectivity index (χ3v) is 6.62. The Kier molecular flexibility index (Phi) is 3.54. The van der Waals surface area contributed by atoms with Crippen molar-refractivity contribution in [2.75, 3.05) is 18.1 Å². The van der Waals surface area contributed by atoms with Crippen LogP contribution in [0.2, 0.25) is 0 Å². The van der Waals surface area contributed by atoms with Gasteiger partial charge in [-0.05, 0) is 6.92 Å². The summed E-state index contributed by atoms with van der Waals surface area (Å²) in [4.78, 5) is 25.2. The fourth-order valence-electron chi connectivity index (χ4n) is 2.37. The van der Waals surface area contributed by atoms with Crippen LogP contribution in [-0.4, -0.2) is 44.8 Å². The molecule has 1 unspecified atom stereocenters. The molecule has 3 nitrogen and oxygen atoms in total. The summed E-state index contributed by atoms with van der Waals surface area (Å²) >= 11 is 3.84. The van der Waals surface area contributed by atoms with Crippen molar-refractivity contribution in [2.24, 2.45) is 0 Å². The number of hydrogen-bond donors (Lipinski definition) is 0. The lowest BCUT2D eigenvalue weighted by Gasteiger charge is -2.23. The maximum atomic E-state index is 11.8. The van der Waals surface area contributed by atoms with E-state index in [1.165, 1.54) is 0 Å². The van der Waals surface area contributed by atoms with Crippen LogP contribution in [-0.2, 0) is 9.59 Å². The molecule has 2 aliphatic heterocycles. The van der Waals surface area contributed by atoms with E-state index in [0.29, 0.717) is 6.42 Å². The Morgan fingerprint density at radius 2 is 2.00 bits per heavy atom. The summed E-state index contributed by atoms with van der Waals surface area (Å²) in [5, 5.41) is 0. The zero-order chi connectivity index (χ0) is 11.8. The summed E-state index contributed by atoms with van der Waals surface area (Å²) in [6, 6.07) is -0.175. The largest absolute Gasteiger partial charge is 0.330 e. The van der Waals surface area contributed by atoms with E-state index >= 15 is 0 Å². The molecule has 1 spiro atoms. The zero-order valence-corrected chi connectivity index (χ0v) is 11.3. The minimum absolute atomic E-state index is 0.112.